The van der Waals surface area contributed by atoms with E-state index in [9.17, 15) is 9.59 Å². The molecule has 0 saturated heterocycles. The molecule has 3 atom stereocenters. The molecule has 282 valence electrons. The molecule has 52 heavy (non-hydrogen) atoms. The summed E-state index contributed by atoms with van der Waals surface area (Å²) in [5.74, 6) is 2.77. The third-order valence-electron chi connectivity index (χ3n) is 12.1. The van der Waals surface area contributed by atoms with Crippen molar-refractivity contribution in [2.24, 2.45) is 35.5 Å². The van der Waals surface area contributed by atoms with E-state index in [-0.39, 0.29) is 24.2 Å². The average molecular weight is 707 g/mol. The number of benzene rings is 3. The molecule has 0 aliphatic carbocycles. The summed E-state index contributed by atoms with van der Waals surface area (Å²) in [6.07, 6.45) is 9.18. The fourth-order valence-electron chi connectivity index (χ4n) is 9.18. The van der Waals surface area contributed by atoms with E-state index in [1.807, 2.05) is 60.7 Å². The molecule has 5 nitrogen and oxygen atoms in total. The minimum absolute atomic E-state index is 0.147. The lowest BCUT2D eigenvalue weighted by Crippen LogP contribution is -2.45. The summed E-state index contributed by atoms with van der Waals surface area (Å²) in [6, 6.07) is 27.7. The van der Waals surface area contributed by atoms with Crippen molar-refractivity contribution in [1.29, 1.82) is 0 Å². The smallest absolute Gasteiger partial charge is 0.328 e. The van der Waals surface area contributed by atoms with E-state index in [0.29, 0.717) is 49.0 Å². The van der Waals surface area contributed by atoms with Crippen LogP contribution >= 0.6 is 0 Å². The van der Waals surface area contributed by atoms with Gasteiger partial charge in [-0.25, -0.2) is 4.79 Å². The van der Waals surface area contributed by atoms with Crippen LogP contribution in [0.5, 0.6) is 0 Å². The minimum Gasteiger partial charge on any atom is -0.464 e. The van der Waals surface area contributed by atoms with Gasteiger partial charge >= 0.3 is 5.97 Å². The molecule has 0 aliphatic rings. The van der Waals surface area contributed by atoms with Gasteiger partial charge in [-0.2, -0.15) is 0 Å². The van der Waals surface area contributed by atoms with E-state index in [2.05, 4.69) is 83.0 Å². The van der Waals surface area contributed by atoms with Gasteiger partial charge in [0.15, 0.2) is 0 Å². The number of carbonyl (C=O) groups is 2. The molecule has 0 fully saturated rings. The van der Waals surface area contributed by atoms with Gasteiger partial charge in [-0.05, 0) is 71.1 Å². The molecule has 3 unspecified atom stereocenters. The SMILES string of the molecule is CCC(CC)C(C(CC)CC)C(C(CC)CC)C(CC)COC(=O)C(Cc1ccccc1)NC(=O)CCc1c(-c2ccccc2)[nH]c2ccccc12. The number of nitrogens with one attached hydrogen (secondary N) is 2. The van der Waals surface area contributed by atoms with E-state index in [1.54, 1.807) is 0 Å². The van der Waals surface area contributed by atoms with Crippen LogP contribution in [0.1, 0.15) is 111 Å². The maximum Gasteiger partial charge on any atom is 0.328 e. The zero-order valence-electron chi connectivity index (χ0n) is 33.1. The van der Waals surface area contributed by atoms with Crippen molar-refractivity contribution < 1.29 is 14.3 Å². The van der Waals surface area contributed by atoms with Crippen LogP contribution in [0.2, 0.25) is 0 Å². The van der Waals surface area contributed by atoms with Crippen LogP contribution in [0.15, 0.2) is 84.9 Å². The highest BCUT2D eigenvalue weighted by molar-refractivity contribution is 5.92. The molecule has 5 heteroatoms. The standard InChI is InChI=1S/C47H66N2O3/c1-8-34(9-2)44(35(10-3)11-4)45(36(12-5)13-6)37(14-7)32-52-47(51)42(31-33-23-17-15-18-24-33)48-43(50)30-29-40-39-27-21-22-28-41(39)49-46(40)38-25-19-16-20-26-38/h15-28,34-37,42,44-45,49H,8-14,29-32H2,1-7H3,(H,48,50). The highest BCUT2D eigenvalue weighted by Gasteiger charge is 2.40. The number of carbonyl (C=O) groups excluding carboxylic acids is 2. The van der Waals surface area contributed by atoms with Crippen molar-refractivity contribution in [3.05, 3.63) is 96.1 Å². The maximum absolute atomic E-state index is 14.1. The van der Waals surface area contributed by atoms with Gasteiger partial charge in [-0.15, -0.1) is 0 Å². The van der Waals surface area contributed by atoms with Crippen LogP contribution in [-0.2, 0) is 27.2 Å². The van der Waals surface area contributed by atoms with Gasteiger partial charge in [-0.1, -0.05) is 166 Å². The number of ether oxygens (including phenoxy) is 1. The second kappa shape index (κ2) is 21.0. The summed E-state index contributed by atoms with van der Waals surface area (Å²) >= 11 is 0. The molecule has 0 saturated carbocycles. The van der Waals surface area contributed by atoms with Crippen molar-refractivity contribution in [1.82, 2.24) is 10.3 Å². The van der Waals surface area contributed by atoms with Gasteiger partial charge in [0.1, 0.15) is 6.04 Å². The first kappa shape index (κ1) is 40.9. The average Bonchev–Trinajstić information content (AvgIpc) is 3.56. The van der Waals surface area contributed by atoms with Crippen molar-refractivity contribution in [3.8, 4) is 11.3 Å². The second-order valence-corrected chi connectivity index (χ2v) is 14.9. The number of amides is 1. The van der Waals surface area contributed by atoms with Gasteiger partial charge in [0.25, 0.3) is 0 Å². The quantitative estimate of drug-likeness (QED) is 0.0799. The predicted molar refractivity (Wildman–Crippen MR) is 218 cm³/mol. The Balaban J connectivity index is 1.55. The molecule has 0 spiro atoms. The largest absolute Gasteiger partial charge is 0.464 e. The van der Waals surface area contributed by atoms with Crippen molar-refractivity contribution in [2.45, 2.75) is 119 Å². The number of esters is 1. The zero-order chi connectivity index (χ0) is 37.5. The van der Waals surface area contributed by atoms with E-state index in [1.165, 1.54) is 25.7 Å². The highest BCUT2D eigenvalue weighted by atomic mass is 16.5. The number of hydrogen-bond acceptors (Lipinski definition) is 3. The van der Waals surface area contributed by atoms with Crippen LogP contribution in [0, 0.1) is 35.5 Å². The zero-order valence-corrected chi connectivity index (χ0v) is 33.1. The van der Waals surface area contributed by atoms with Crippen LogP contribution < -0.4 is 5.32 Å². The van der Waals surface area contributed by atoms with E-state index in [4.69, 9.17) is 4.74 Å². The monoisotopic (exact) mass is 707 g/mol. The Kier molecular flexibility index (Phi) is 16.5. The van der Waals surface area contributed by atoms with Gasteiger partial charge in [0, 0.05) is 29.4 Å². The summed E-state index contributed by atoms with van der Waals surface area (Å²) in [5, 5.41) is 4.24. The Morgan fingerprint density at radius 2 is 1.13 bits per heavy atom. The lowest BCUT2D eigenvalue weighted by molar-refractivity contribution is -0.150. The first-order valence-corrected chi connectivity index (χ1v) is 20.5. The van der Waals surface area contributed by atoms with Gasteiger partial charge in [-0.3, -0.25) is 4.79 Å². The summed E-state index contributed by atoms with van der Waals surface area (Å²) in [4.78, 5) is 31.4. The second-order valence-electron chi connectivity index (χ2n) is 14.9. The molecule has 2 N–H and O–H groups in total. The van der Waals surface area contributed by atoms with Crippen LogP contribution in [0.3, 0.4) is 0 Å². The Morgan fingerprint density at radius 3 is 1.69 bits per heavy atom. The van der Waals surface area contributed by atoms with Crippen molar-refractivity contribution >= 4 is 22.8 Å². The van der Waals surface area contributed by atoms with E-state index in [0.717, 1.165) is 52.5 Å². The molecule has 0 bridgehead atoms. The number of rotatable bonds is 22. The molecular formula is C47H66N2O3. The van der Waals surface area contributed by atoms with Gasteiger partial charge in [0.2, 0.25) is 5.91 Å². The Morgan fingerprint density at radius 1 is 0.635 bits per heavy atom. The molecule has 1 heterocycles. The molecule has 1 amide bonds. The predicted octanol–water partition coefficient (Wildman–Crippen LogP) is 11.6. The van der Waals surface area contributed by atoms with Crippen LogP contribution in [-0.4, -0.2) is 29.5 Å². The summed E-state index contributed by atoms with van der Waals surface area (Å²) < 4.78 is 6.32. The van der Waals surface area contributed by atoms with Crippen LogP contribution in [0.25, 0.3) is 22.2 Å². The molecule has 3 aromatic carbocycles. The molecular weight excluding hydrogens is 641 g/mol. The third kappa shape index (κ3) is 10.4. The number of aromatic nitrogens is 1. The number of para-hydroxylation sites is 1. The highest BCUT2D eigenvalue weighted by Crippen LogP contribution is 2.46. The molecule has 1 aromatic heterocycles. The van der Waals surface area contributed by atoms with Crippen LogP contribution in [0.4, 0.5) is 0 Å². The molecule has 0 radical (unpaired) electrons. The number of hydrogen-bond donors (Lipinski definition) is 2. The molecule has 4 aromatic rings. The number of fused-ring (bicyclic) bond motifs is 1. The number of aryl methyl sites for hydroxylation is 1. The number of H-pyrrole nitrogens is 1. The Labute approximate surface area is 314 Å². The van der Waals surface area contributed by atoms with E-state index < -0.39 is 6.04 Å². The van der Waals surface area contributed by atoms with Crippen molar-refractivity contribution in [3.63, 3.8) is 0 Å². The van der Waals surface area contributed by atoms with Gasteiger partial charge < -0.3 is 15.0 Å². The normalized spacial score (nSPS) is 13.6. The first-order chi connectivity index (χ1) is 25.3. The Hall–Kier alpha value is -3.86. The lowest BCUT2D eigenvalue weighted by Gasteiger charge is -2.45. The molecule has 4 rings (SSSR count). The Bertz CT molecular complexity index is 1610. The summed E-state index contributed by atoms with van der Waals surface area (Å²) in [7, 11) is 0. The van der Waals surface area contributed by atoms with Gasteiger partial charge in [0.05, 0.1) is 6.61 Å². The fraction of sp³-hybridized carbons (Fsp3) is 0.532. The number of aromatic amines is 1. The topological polar surface area (TPSA) is 71.2 Å². The maximum atomic E-state index is 14.1. The first-order valence-electron chi connectivity index (χ1n) is 20.5. The fourth-order valence-corrected chi connectivity index (χ4v) is 9.18. The summed E-state index contributed by atoms with van der Waals surface area (Å²) in [6.45, 7) is 16.7. The van der Waals surface area contributed by atoms with E-state index >= 15 is 0 Å². The molecule has 0 aliphatic heterocycles. The van der Waals surface area contributed by atoms with Crippen molar-refractivity contribution in [2.75, 3.05) is 6.61 Å². The summed E-state index contributed by atoms with van der Waals surface area (Å²) in [5.41, 5.74) is 5.29. The third-order valence-corrected chi connectivity index (χ3v) is 12.1. The lowest BCUT2D eigenvalue weighted by atomic mass is 9.60. The minimum atomic E-state index is -0.760.